The Kier molecular flexibility index (Phi) is 8.81. The predicted octanol–water partition coefficient (Wildman–Crippen LogP) is 0.0856. The van der Waals surface area contributed by atoms with E-state index in [4.69, 9.17) is 16.3 Å². The van der Waals surface area contributed by atoms with Crippen molar-refractivity contribution in [1.29, 1.82) is 0 Å². The highest BCUT2D eigenvalue weighted by Crippen LogP contribution is 2.02. The number of ether oxygens (including phenoxy) is 1. The average molecular weight is 221 g/mol. The third kappa shape index (κ3) is 8.15. The Hall–Kier alpha value is -0.460. The highest BCUT2D eigenvalue weighted by molar-refractivity contribution is 8.13. The summed E-state index contributed by atoms with van der Waals surface area (Å²) in [5.74, 6) is 5.38. The summed E-state index contributed by atoms with van der Waals surface area (Å²) in [6, 6.07) is 0. The van der Waals surface area contributed by atoms with Crippen molar-refractivity contribution < 1.29 is 9.84 Å². The molecule has 0 aliphatic carbocycles. The lowest BCUT2D eigenvalue weighted by Gasteiger charge is -2.09. The van der Waals surface area contributed by atoms with Crippen LogP contribution in [-0.4, -0.2) is 35.3 Å². The van der Waals surface area contributed by atoms with Crippen LogP contribution in [-0.2, 0) is 4.74 Å². The van der Waals surface area contributed by atoms with Crippen molar-refractivity contribution in [2.24, 2.45) is 16.7 Å². The minimum Gasteiger partial charge on any atom is -0.390 e. The summed E-state index contributed by atoms with van der Waals surface area (Å²) < 4.78 is 5.23. The average Bonchev–Trinajstić information content (AvgIpc) is 2.21. The van der Waals surface area contributed by atoms with Crippen LogP contribution in [0.5, 0.6) is 0 Å². The first-order valence-corrected chi connectivity index (χ1v) is 5.61. The fourth-order valence-corrected chi connectivity index (χ4v) is 1.27. The summed E-state index contributed by atoms with van der Waals surface area (Å²) in [6.45, 7) is 3.12. The Morgan fingerprint density at radius 1 is 1.64 bits per heavy atom. The number of hydrogen-bond acceptors (Lipinski definition) is 5. The molecule has 1 unspecified atom stereocenters. The molecule has 1 atom stereocenters. The Bertz CT molecular complexity index is 167. The van der Waals surface area contributed by atoms with Crippen LogP contribution >= 0.6 is 11.8 Å². The number of aliphatic hydroxyl groups is 1. The molecule has 0 radical (unpaired) electrons. The van der Waals surface area contributed by atoms with E-state index < -0.39 is 6.10 Å². The molecule has 0 aliphatic heterocycles. The van der Waals surface area contributed by atoms with Crippen LogP contribution in [0.4, 0.5) is 0 Å². The van der Waals surface area contributed by atoms with Gasteiger partial charge in [-0.05, 0) is 6.42 Å². The van der Waals surface area contributed by atoms with Crippen LogP contribution in [0, 0.1) is 0 Å². The van der Waals surface area contributed by atoms with Gasteiger partial charge in [-0.3, -0.25) is 0 Å². The number of hydrogen-bond donors (Lipinski definition) is 3. The van der Waals surface area contributed by atoms with Crippen molar-refractivity contribution in [2.45, 2.75) is 25.9 Å². The molecule has 0 aromatic carbocycles. The fraction of sp³-hybridized carbons (Fsp3) is 0.875. The topological polar surface area (TPSA) is 93.9 Å². The Morgan fingerprint density at radius 3 is 2.93 bits per heavy atom. The summed E-state index contributed by atoms with van der Waals surface area (Å²) in [5, 5.41) is 12.9. The first-order chi connectivity index (χ1) is 6.70. The Morgan fingerprint density at radius 2 is 2.36 bits per heavy atom. The second kappa shape index (κ2) is 9.11. The van der Waals surface area contributed by atoms with Crippen LogP contribution in [0.2, 0.25) is 0 Å². The molecular formula is C8H19N3O2S. The molecule has 14 heavy (non-hydrogen) atoms. The summed E-state index contributed by atoms with van der Waals surface area (Å²) in [5.41, 5.74) is 5.33. The molecule has 0 rings (SSSR count). The van der Waals surface area contributed by atoms with Crippen molar-refractivity contribution >= 4 is 16.9 Å². The molecule has 6 heteroatoms. The van der Waals surface area contributed by atoms with Gasteiger partial charge >= 0.3 is 0 Å². The van der Waals surface area contributed by atoms with Gasteiger partial charge in [0.15, 0.2) is 5.17 Å². The van der Waals surface area contributed by atoms with E-state index in [2.05, 4.69) is 12.0 Å². The summed E-state index contributed by atoms with van der Waals surface area (Å²) >= 11 is 1.22. The molecule has 0 aromatic heterocycles. The minimum atomic E-state index is -0.517. The molecule has 0 aliphatic rings. The Balaban J connectivity index is 3.32. The van der Waals surface area contributed by atoms with E-state index in [0.29, 0.717) is 19.0 Å². The van der Waals surface area contributed by atoms with Crippen molar-refractivity contribution in [3.63, 3.8) is 0 Å². The maximum absolute atomic E-state index is 9.40. The number of thioether (sulfide) groups is 1. The zero-order valence-electron chi connectivity index (χ0n) is 8.48. The molecular weight excluding hydrogens is 202 g/mol. The quantitative estimate of drug-likeness (QED) is 0.186. The molecule has 5 N–H and O–H groups in total. The lowest BCUT2D eigenvalue weighted by atomic mass is 10.3. The van der Waals surface area contributed by atoms with Crippen molar-refractivity contribution in [3.05, 3.63) is 0 Å². The number of hydrazone groups is 1. The maximum Gasteiger partial charge on any atom is 0.177 e. The van der Waals surface area contributed by atoms with Crippen LogP contribution in [0.3, 0.4) is 0 Å². The summed E-state index contributed by atoms with van der Waals surface area (Å²) in [7, 11) is 0. The molecule has 0 amide bonds. The number of rotatable bonds is 7. The Labute approximate surface area is 88.9 Å². The highest BCUT2D eigenvalue weighted by Gasteiger charge is 2.05. The van der Waals surface area contributed by atoms with Crippen LogP contribution < -0.4 is 11.6 Å². The van der Waals surface area contributed by atoms with Crippen LogP contribution in [0.1, 0.15) is 19.8 Å². The van der Waals surface area contributed by atoms with Gasteiger partial charge in [0.2, 0.25) is 0 Å². The van der Waals surface area contributed by atoms with Gasteiger partial charge in [-0.25, -0.2) is 0 Å². The lowest BCUT2D eigenvalue weighted by Crippen LogP contribution is -2.21. The van der Waals surface area contributed by atoms with Crippen LogP contribution in [0.15, 0.2) is 5.10 Å². The first-order valence-electron chi connectivity index (χ1n) is 4.62. The lowest BCUT2D eigenvalue weighted by molar-refractivity contribution is 0.0474. The highest BCUT2D eigenvalue weighted by atomic mass is 32.2. The molecule has 0 heterocycles. The third-order valence-electron chi connectivity index (χ3n) is 1.50. The van der Waals surface area contributed by atoms with E-state index in [1.54, 1.807) is 0 Å². The van der Waals surface area contributed by atoms with Crippen LogP contribution in [0.25, 0.3) is 0 Å². The summed E-state index contributed by atoms with van der Waals surface area (Å²) in [6.07, 6.45) is 1.60. The van der Waals surface area contributed by atoms with E-state index in [0.717, 1.165) is 12.8 Å². The van der Waals surface area contributed by atoms with E-state index in [-0.39, 0.29) is 5.17 Å². The number of aliphatic hydroxyl groups excluding tert-OH is 1. The SMILES string of the molecule is CCCCOCC(O)CSC(N)=NN. The van der Waals surface area contributed by atoms with Gasteiger partial charge in [0.05, 0.1) is 12.7 Å². The molecule has 0 aromatic rings. The zero-order chi connectivity index (χ0) is 10.8. The molecule has 0 saturated heterocycles. The molecule has 0 bridgehead atoms. The zero-order valence-corrected chi connectivity index (χ0v) is 9.30. The minimum absolute atomic E-state index is 0.276. The third-order valence-corrected chi connectivity index (χ3v) is 2.46. The van der Waals surface area contributed by atoms with E-state index >= 15 is 0 Å². The second-order valence-electron chi connectivity index (χ2n) is 2.86. The van der Waals surface area contributed by atoms with Crippen molar-refractivity contribution in [3.8, 4) is 0 Å². The van der Waals surface area contributed by atoms with Gasteiger partial charge in [0.25, 0.3) is 0 Å². The number of unbranched alkanes of at least 4 members (excludes halogenated alkanes) is 1. The first kappa shape index (κ1) is 13.5. The summed E-state index contributed by atoms with van der Waals surface area (Å²) in [4.78, 5) is 0. The van der Waals surface area contributed by atoms with E-state index in [1.165, 1.54) is 11.8 Å². The van der Waals surface area contributed by atoms with Gasteiger partial charge in [-0.15, -0.1) is 0 Å². The van der Waals surface area contributed by atoms with E-state index in [1.807, 2.05) is 0 Å². The van der Waals surface area contributed by atoms with Gasteiger partial charge in [0, 0.05) is 12.4 Å². The molecule has 84 valence electrons. The molecule has 0 saturated carbocycles. The van der Waals surface area contributed by atoms with Crippen molar-refractivity contribution in [1.82, 2.24) is 0 Å². The van der Waals surface area contributed by atoms with Gasteiger partial charge < -0.3 is 21.4 Å². The fourth-order valence-electron chi connectivity index (χ4n) is 0.733. The van der Waals surface area contributed by atoms with Gasteiger partial charge in [-0.2, -0.15) is 5.10 Å². The van der Waals surface area contributed by atoms with Gasteiger partial charge in [0.1, 0.15) is 0 Å². The number of nitrogens with zero attached hydrogens (tertiary/aromatic N) is 1. The monoisotopic (exact) mass is 221 g/mol. The standard InChI is InChI=1S/C8H19N3O2S/c1-2-3-4-13-5-7(12)6-14-8(9)11-10/h7,12H,2-6,10H2,1H3,(H2,9,11). The smallest absolute Gasteiger partial charge is 0.177 e. The normalized spacial score (nSPS) is 14.3. The van der Waals surface area contributed by atoms with E-state index in [9.17, 15) is 5.11 Å². The second-order valence-corrected chi connectivity index (χ2v) is 3.90. The van der Waals surface area contributed by atoms with Gasteiger partial charge in [-0.1, -0.05) is 25.1 Å². The largest absolute Gasteiger partial charge is 0.390 e. The predicted molar refractivity (Wildman–Crippen MR) is 60.0 cm³/mol. The molecule has 5 nitrogen and oxygen atoms in total. The molecule has 0 spiro atoms. The number of nitrogens with two attached hydrogens (primary N) is 2. The molecule has 0 fully saturated rings. The number of amidine groups is 1. The maximum atomic E-state index is 9.40. The van der Waals surface area contributed by atoms with Crippen molar-refractivity contribution in [2.75, 3.05) is 19.0 Å².